The summed E-state index contributed by atoms with van der Waals surface area (Å²) in [5.74, 6) is -2.96. The predicted octanol–water partition coefficient (Wildman–Crippen LogP) is 3.44. The molecule has 30 heavy (non-hydrogen) atoms. The van der Waals surface area contributed by atoms with Gasteiger partial charge in [-0.25, -0.2) is 4.79 Å². The Hall–Kier alpha value is -3.05. The van der Waals surface area contributed by atoms with Gasteiger partial charge < -0.3 is 10.0 Å². The SMILES string of the molecule is O=C(O)C1=C(N2CCCC2)C(C(F)(F)F)N(C(=O)c2ccnc(C(F)(F)F)c2)C=C1. The van der Waals surface area contributed by atoms with Gasteiger partial charge in [0.25, 0.3) is 5.91 Å². The Bertz CT molecular complexity index is 916. The second-order valence-electron chi connectivity index (χ2n) is 6.70. The smallest absolute Gasteiger partial charge is 0.433 e. The minimum absolute atomic E-state index is 0.169. The van der Waals surface area contributed by atoms with Crippen LogP contribution in [0.2, 0.25) is 0 Å². The van der Waals surface area contributed by atoms with Gasteiger partial charge in [0.05, 0.1) is 11.3 Å². The highest BCUT2D eigenvalue weighted by molar-refractivity contribution is 5.97. The fourth-order valence-electron chi connectivity index (χ4n) is 3.45. The molecule has 1 aromatic heterocycles. The van der Waals surface area contributed by atoms with Gasteiger partial charge in [0, 0.05) is 31.0 Å². The van der Waals surface area contributed by atoms with Crippen LogP contribution in [0.5, 0.6) is 0 Å². The molecule has 0 spiro atoms. The molecule has 162 valence electrons. The van der Waals surface area contributed by atoms with Crippen LogP contribution in [0.15, 0.2) is 41.9 Å². The second-order valence-corrected chi connectivity index (χ2v) is 6.70. The van der Waals surface area contributed by atoms with Gasteiger partial charge in [-0.05, 0) is 31.1 Å². The van der Waals surface area contributed by atoms with Crippen molar-refractivity contribution in [1.82, 2.24) is 14.8 Å². The van der Waals surface area contributed by atoms with Crippen LogP contribution >= 0.6 is 0 Å². The Morgan fingerprint density at radius 2 is 1.73 bits per heavy atom. The highest BCUT2D eigenvalue weighted by Crippen LogP contribution is 2.39. The second kappa shape index (κ2) is 7.65. The first-order valence-corrected chi connectivity index (χ1v) is 8.74. The Balaban J connectivity index is 2.08. The van der Waals surface area contributed by atoms with Crippen LogP contribution in [-0.4, -0.2) is 57.1 Å². The lowest BCUT2D eigenvalue weighted by Gasteiger charge is -2.39. The van der Waals surface area contributed by atoms with Crippen molar-refractivity contribution in [2.75, 3.05) is 13.1 Å². The molecule has 1 N–H and O–H groups in total. The average Bonchev–Trinajstić information content (AvgIpc) is 3.19. The Morgan fingerprint density at radius 3 is 2.27 bits per heavy atom. The number of carboxylic acids is 1. The molecule has 0 aliphatic carbocycles. The maximum atomic E-state index is 14.0. The van der Waals surface area contributed by atoms with E-state index in [1.54, 1.807) is 0 Å². The van der Waals surface area contributed by atoms with E-state index < -0.39 is 52.8 Å². The van der Waals surface area contributed by atoms with Crippen LogP contribution < -0.4 is 0 Å². The summed E-state index contributed by atoms with van der Waals surface area (Å²) in [6.45, 7) is 0.337. The third-order valence-corrected chi connectivity index (χ3v) is 4.73. The lowest BCUT2D eigenvalue weighted by atomic mass is 9.99. The van der Waals surface area contributed by atoms with Crippen LogP contribution in [0.3, 0.4) is 0 Å². The van der Waals surface area contributed by atoms with E-state index in [4.69, 9.17) is 0 Å². The van der Waals surface area contributed by atoms with Crippen molar-refractivity contribution in [3.05, 3.63) is 53.1 Å². The highest BCUT2D eigenvalue weighted by Gasteiger charge is 2.52. The van der Waals surface area contributed by atoms with E-state index in [1.165, 1.54) is 4.90 Å². The molecule has 3 rings (SSSR count). The Labute approximate surface area is 166 Å². The standard InChI is InChI=1S/C18H15F6N3O3/c19-17(20,21)12-9-10(3-5-25-12)15(28)27-8-4-11(16(29)30)13(14(27)18(22,23)24)26-6-1-2-7-26/h3-5,8-9,14H,1-2,6-7H2,(H,29,30). The number of likely N-dealkylation sites (tertiary alicyclic amines) is 1. The van der Waals surface area contributed by atoms with Crippen molar-refractivity contribution in [2.24, 2.45) is 0 Å². The summed E-state index contributed by atoms with van der Waals surface area (Å²) >= 11 is 0. The predicted molar refractivity (Wildman–Crippen MR) is 89.9 cm³/mol. The summed E-state index contributed by atoms with van der Waals surface area (Å²) in [5, 5.41) is 9.38. The number of halogens is 6. The number of carbonyl (C=O) groups excluding carboxylic acids is 1. The number of nitrogens with zero attached hydrogens (tertiary/aromatic N) is 3. The van der Waals surface area contributed by atoms with Gasteiger partial charge in [-0.2, -0.15) is 26.3 Å². The van der Waals surface area contributed by atoms with Gasteiger partial charge in [-0.15, -0.1) is 0 Å². The summed E-state index contributed by atoms with van der Waals surface area (Å²) in [6.07, 6.45) is -6.73. The summed E-state index contributed by atoms with van der Waals surface area (Å²) in [7, 11) is 0. The van der Waals surface area contributed by atoms with Crippen LogP contribution in [0.1, 0.15) is 28.9 Å². The number of amides is 1. The normalized spacial score (nSPS) is 20.1. The van der Waals surface area contributed by atoms with Crippen molar-refractivity contribution in [2.45, 2.75) is 31.2 Å². The van der Waals surface area contributed by atoms with E-state index in [0.29, 0.717) is 31.3 Å². The highest BCUT2D eigenvalue weighted by atomic mass is 19.4. The third-order valence-electron chi connectivity index (χ3n) is 4.73. The zero-order valence-corrected chi connectivity index (χ0v) is 15.2. The molecule has 0 bridgehead atoms. The van der Waals surface area contributed by atoms with E-state index in [1.807, 2.05) is 0 Å². The topological polar surface area (TPSA) is 73.7 Å². The van der Waals surface area contributed by atoms with Crippen LogP contribution in [0.25, 0.3) is 0 Å². The molecular weight excluding hydrogens is 420 g/mol. The van der Waals surface area contributed by atoms with Gasteiger partial charge in [0.2, 0.25) is 0 Å². The minimum atomic E-state index is -5.07. The van der Waals surface area contributed by atoms with E-state index in [0.717, 1.165) is 12.1 Å². The molecule has 3 heterocycles. The minimum Gasteiger partial charge on any atom is -0.478 e. The Morgan fingerprint density at radius 1 is 1.10 bits per heavy atom. The number of hydrogen-bond acceptors (Lipinski definition) is 4. The molecule has 1 unspecified atom stereocenters. The van der Waals surface area contributed by atoms with Crippen molar-refractivity contribution >= 4 is 11.9 Å². The fourth-order valence-corrected chi connectivity index (χ4v) is 3.45. The van der Waals surface area contributed by atoms with Crippen molar-refractivity contribution < 1.29 is 41.0 Å². The number of hydrogen-bond donors (Lipinski definition) is 1. The quantitative estimate of drug-likeness (QED) is 0.737. The van der Waals surface area contributed by atoms with Crippen molar-refractivity contribution in [3.63, 3.8) is 0 Å². The molecule has 1 amide bonds. The molecule has 2 aliphatic heterocycles. The van der Waals surface area contributed by atoms with E-state index in [9.17, 15) is 41.0 Å². The number of rotatable bonds is 3. The zero-order valence-electron chi connectivity index (χ0n) is 15.2. The largest absolute Gasteiger partial charge is 0.478 e. The van der Waals surface area contributed by atoms with E-state index in [-0.39, 0.29) is 18.0 Å². The maximum absolute atomic E-state index is 14.0. The van der Waals surface area contributed by atoms with Crippen molar-refractivity contribution in [1.29, 1.82) is 0 Å². The number of alkyl halides is 6. The van der Waals surface area contributed by atoms with Gasteiger partial charge in [0.1, 0.15) is 5.69 Å². The summed E-state index contributed by atoms with van der Waals surface area (Å²) in [6, 6.07) is -1.43. The fraction of sp³-hybridized carbons (Fsp3) is 0.389. The average molecular weight is 435 g/mol. The molecule has 12 heteroatoms. The maximum Gasteiger partial charge on any atom is 0.433 e. The molecule has 0 aromatic carbocycles. The molecule has 1 atom stereocenters. The molecule has 0 radical (unpaired) electrons. The third kappa shape index (κ3) is 4.12. The van der Waals surface area contributed by atoms with Gasteiger partial charge in [0.15, 0.2) is 6.04 Å². The number of pyridine rings is 1. The summed E-state index contributed by atoms with van der Waals surface area (Å²) in [5.41, 5.74) is -3.31. The van der Waals surface area contributed by atoms with Gasteiger partial charge in [-0.3, -0.25) is 14.7 Å². The summed E-state index contributed by atoms with van der Waals surface area (Å²) < 4.78 is 80.7. The summed E-state index contributed by atoms with van der Waals surface area (Å²) in [4.78, 5) is 28.9. The van der Waals surface area contributed by atoms with Crippen LogP contribution in [-0.2, 0) is 11.0 Å². The molecule has 6 nitrogen and oxygen atoms in total. The number of aliphatic carboxylic acids is 1. The van der Waals surface area contributed by atoms with Gasteiger partial charge in [-0.1, -0.05) is 0 Å². The van der Waals surface area contributed by atoms with Gasteiger partial charge >= 0.3 is 18.3 Å². The lowest BCUT2D eigenvalue weighted by molar-refractivity contribution is -0.166. The lowest BCUT2D eigenvalue weighted by Crippen LogP contribution is -2.52. The number of carbonyl (C=O) groups is 2. The first-order chi connectivity index (χ1) is 13.9. The van der Waals surface area contributed by atoms with E-state index >= 15 is 0 Å². The first kappa shape index (κ1) is 21.7. The number of carboxylic acid groups (broad SMARTS) is 1. The molecular formula is C18H15F6N3O3. The van der Waals surface area contributed by atoms with Crippen LogP contribution in [0, 0.1) is 0 Å². The Kier molecular flexibility index (Phi) is 5.52. The first-order valence-electron chi connectivity index (χ1n) is 8.74. The number of aromatic nitrogens is 1. The molecule has 1 saturated heterocycles. The molecule has 2 aliphatic rings. The van der Waals surface area contributed by atoms with Crippen molar-refractivity contribution in [3.8, 4) is 0 Å². The molecule has 1 aromatic rings. The zero-order chi connectivity index (χ0) is 22.3. The molecule has 0 saturated carbocycles. The van der Waals surface area contributed by atoms with E-state index in [2.05, 4.69) is 4.98 Å². The van der Waals surface area contributed by atoms with Crippen LogP contribution in [0.4, 0.5) is 26.3 Å². The monoisotopic (exact) mass is 435 g/mol. The molecule has 1 fully saturated rings.